The van der Waals surface area contributed by atoms with Gasteiger partial charge in [-0.05, 0) is 50.8 Å². The van der Waals surface area contributed by atoms with Crippen LogP contribution in [0.3, 0.4) is 0 Å². The van der Waals surface area contributed by atoms with Crippen molar-refractivity contribution in [1.29, 1.82) is 0 Å². The first-order chi connectivity index (χ1) is 8.84. The molecule has 0 spiro atoms. The van der Waals surface area contributed by atoms with Gasteiger partial charge in [-0.3, -0.25) is 4.79 Å². The summed E-state index contributed by atoms with van der Waals surface area (Å²) in [6.07, 6.45) is 1.83. The van der Waals surface area contributed by atoms with Gasteiger partial charge >= 0.3 is 5.97 Å². The van der Waals surface area contributed by atoms with Crippen molar-refractivity contribution >= 4 is 17.6 Å². The first-order valence-corrected chi connectivity index (χ1v) is 6.74. The van der Waals surface area contributed by atoms with Gasteiger partial charge < -0.3 is 9.84 Å². The number of aliphatic carboxylic acids is 1. The van der Waals surface area contributed by atoms with Crippen molar-refractivity contribution in [1.82, 2.24) is 0 Å². The third-order valence-electron chi connectivity index (χ3n) is 3.39. The molecule has 19 heavy (non-hydrogen) atoms. The van der Waals surface area contributed by atoms with Crippen molar-refractivity contribution in [3.63, 3.8) is 0 Å². The van der Waals surface area contributed by atoms with Gasteiger partial charge in [-0.15, -0.1) is 0 Å². The Labute approximate surface area is 119 Å². The molecule has 0 saturated carbocycles. The molecule has 0 amide bonds. The molecule has 0 aliphatic carbocycles. The minimum absolute atomic E-state index is 0.284. The maximum atomic E-state index is 11.3. The molecular formula is C15H21ClO3. The van der Waals surface area contributed by atoms with E-state index in [1.165, 1.54) is 0 Å². The van der Waals surface area contributed by atoms with E-state index in [1.807, 2.05) is 26.0 Å². The molecule has 106 valence electrons. The number of carbonyl (C=O) groups is 1. The molecule has 1 unspecified atom stereocenters. The van der Waals surface area contributed by atoms with Crippen molar-refractivity contribution in [2.24, 2.45) is 5.92 Å². The monoisotopic (exact) mass is 284 g/mol. The Hall–Kier alpha value is -1.06. The minimum atomic E-state index is -0.762. The molecule has 0 aliphatic heterocycles. The van der Waals surface area contributed by atoms with Crippen molar-refractivity contribution in [2.45, 2.75) is 38.7 Å². The normalized spacial score (nSPS) is 13.3. The second-order valence-corrected chi connectivity index (χ2v) is 5.80. The largest absolute Gasteiger partial charge is 0.481 e. The predicted molar refractivity (Wildman–Crippen MR) is 76.6 cm³/mol. The van der Waals surface area contributed by atoms with Crippen LogP contribution in [0.4, 0.5) is 0 Å². The zero-order chi connectivity index (χ0) is 14.5. The van der Waals surface area contributed by atoms with E-state index in [2.05, 4.69) is 0 Å². The molecule has 0 bridgehead atoms. The maximum Gasteiger partial charge on any atom is 0.306 e. The van der Waals surface area contributed by atoms with Crippen LogP contribution in [0.15, 0.2) is 24.3 Å². The van der Waals surface area contributed by atoms with Gasteiger partial charge in [0.15, 0.2) is 0 Å². The summed E-state index contributed by atoms with van der Waals surface area (Å²) in [5, 5.41) is 9.95. The lowest BCUT2D eigenvalue weighted by atomic mass is 9.90. The van der Waals surface area contributed by atoms with Crippen molar-refractivity contribution < 1.29 is 14.6 Å². The summed E-state index contributed by atoms with van der Waals surface area (Å²) in [4.78, 5) is 11.3. The van der Waals surface area contributed by atoms with Crippen molar-refractivity contribution in [3.05, 3.63) is 34.9 Å². The molecule has 1 atom stereocenters. The average molecular weight is 285 g/mol. The molecule has 0 aromatic heterocycles. The van der Waals surface area contributed by atoms with Crippen LogP contribution in [0.25, 0.3) is 0 Å². The van der Waals surface area contributed by atoms with Crippen LogP contribution in [-0.4, -0.2) is 23.8 Å². The summed E-state index contributed by atoms with van der Waals surface area (Å²) in [6.45, 7) is 3.93. The molecule has 4 heteroatoms. The van der Waals surface area contributed by atoms with Crippen LogP contribution < -0.4 is 0 Å². The van der Waals surface area contributed by atoms with E-state index in [0.717, 1.165) is 5.56 Å². The molecule has 0 radical (unpaired) electrons. The molecule has 0 heterocycles. The number of benzene rings is 1. The fourth-order valence-electron chi connectivity index (χ4n) is 1.84. The quantitative estimate of drug-likeness (QED) is 0.829. The molecule has 3 nitrogen and oxygen atoms in total. The molecule has 0 saturated heterocycles. The van der Waals surface area contributed by atoms with Gasteiger partial charge in [-0.25, -0.2) is 0 Å². The van der Waals surface area contributed by atoms with Crippen LogP contribution in [-0.2, 0) is 16.0 Å². The van der Waals surface area contributed by atoms with E-state index in [9.17, 15) is 9.90 Å². The summed E-state index contributed by atoms with van der Waals surface area (Å²) >= 11 is 5.82. The zero-order valence-corrected chi connectivity index (χ0v) is 12.4. The fourth-order valence-corrected chi connectivity index (χ4v) is 1.97. The zero-order valence-electron chi connectivity index (χ0n) is 11.6. The SMILES string of the molecule is COC(C)(C)CCC(Cc1ccc(Cl)cc1)C(=O)O. The smallest absolute Gasteiger partial charge is 0.306 e. The summed E-state index contributed by atoms with van der Waals surface area (Å²) in [7, 11) is 1.65. The molecule has 0 fully saturated rings. The number of ether oxygens (including phenoxy) is 1. The van der Waals surface area contributed by atoms with E-state index in [0.29, 0.717) is 24.3 Å². The Morgan fingerprint density at radius 1 is 1.37 bits per heavy atom. The van der Waals surface area contributed by atoms with Gasteiger partial charge in [0.25, 0.3) is 0 Å². The highest BCUT2D eigenvalue weighted by molar-refractivity contribution is 6.30. The van der Waals surface area contributed by atoms with E-state index < -0.39 is 11.9 Å². The Morgan fingerprint density at radius 2 is 1.95 bits per heavy atom. The molecular weight excluding hydrogens is 264 g/mol. The number of carboxylic acid groups (broad SMARTS) is 1. The average Bonchev–Trinajstić information content (AvgIpc) is 2.36. The van der Waals surface area contributed by atoms with Crippen LogP contribution >= 0.6 is 11.6 Å². The second-order valence-electron chi connectivity index (χ2n) is 5.37. The fraction of sp³-hybridized carbons (Fsp3) is 0.533. The Bertz CT molecular complexity index is 412. The minimum Gasteiger partial charge on any atom is -0.481 e. The summed E-state index contributed by atoms with van der Waals surface area (Å²) in [6, 6.07) is 7.32. The Kier molecular flexibility index (Phi) is 5.83. The van der Waals surface area contributed by atoms with Crippen molar-refractivity contribution in [2.75, 3.05) is 7.11 Å². The second kappa shape index (κ2) is 6.92. The van der Waals surface area contributed by atoms with Crippen LogP contribution in [0.1, 0.15) is 32.3 Å². The maximum absolute atomic E-state index is 11.3. The van der Waals surface area contributed by atoms with Crippen molar-refractivity contribution in [3.8, 4) is 0 Å². The van der Waals surface area contributed by atoms with Crippen LogP contribution in [0, 0.1) is 5.92 Å². The lowest BCUT2D eigenvalue weighted by Crippen LogP contribution is -2.26. The summed E-state index contributed by atoms with van der Waals surface area (Å²) in [5.41, 5.74) is 0.709. The van der Waals surface area contributed by atoms with Crippen LogP contribution in [0.2, 0.25) is 5.02 Å². The molecule has 1 aromatic carbocycles. The molecule has 0 aliphatic rings. The topological polar surface area (TPSA) is 46.5 Å². The molecule has 1 rings (SSSR count). The summed E-state index contributed by atoms with van der Waals surface area (Å²) in [5.74, 6) is -1.16. The third kappa shape index (κ3) is 5.62. The number of hydrogen-bond acceptors (Lipinski definition) is 2. The number of hydrogen-bond donors (Lipinski definition) is 1. The van der Waals surface area contributed by atoms with Gasteiger partial charge in [0.1, 0.15) is 0 Å². The van der Waals surface area contributed by atoms with E-state index >= 15 is 0 Å². The van der Waals surface area contributed by atoms with E-state index in [-0.39, 0.29) is 5.60 Å². The van der Waals surface area contributed by atoms with Crippen LogP contribution in [0.5, 0.6) is 0 Å². The number of carboxylic acids is 1. The molecule has 1 N–H and O–H groups in total. The number of halogens is 1. The third-order valence-corrected chi connectivity index (χ3v) is 3.64. The Morgan fingerprint density at radius 3 is 2.42 bits per heavy atom. The van der Waals surface area contributed by atoms with Gasteiger partial charge in [0.05, 0.1) is 11.5 Å². The standard InChI is InChI=1S/C15H21ClO3/c1-15(2,19-3)9-8-12(14(17)18)10-11-4-6-13(16)7-5-11/h4-7,12H,8-10H2,1-3H3,(H,17,18). The highest BCUT2D eigenvalue weighted by Crippen LogP contribution is 2.22. The Balaban J connectivity index is 2.63. The van der Waals surface area contributed by atoms with E-state index in [1.54, 1.807) is 19.2 Å². The predicted octanol–water partition coefficient (Wildman–Crippen LogP) is 3.79. The number of methoxy groups -OCH3 is 1. The van der Waals surface area contributed by atoms with E-state index in [4.69, 9.17) is 16.3 Å². The van der Waals surface area contributed by atoms with Gasteiger partial charge in [-0.2, -0.15) is 0 Å². The first-order valence-electron chi connectivity index (χ1n) is 6.36. The molecule has 1 aromatic rings. The lowest BCUT2D eigenvalue weighted by Gasteiger charge is -2.24. The summed E-state index contributed by atoms with van der Waals surface area (Å²) < 4.78 is 5.32. The first kappa shape index (κ1) is 16.0. The lowest BCUT2D eigenvalue weighted by molar-refractivity contribution is -0.142. The van der Waals surface area contributed by atoms with Gasteiger partial charge in [0, 0.05) is 12.1 Å². The highest BCUT2D eigenvalue weighted by atomic mass is 35.5. The number of rotatable bonds is 7. The van der Waals surface area contributed by atoms with Gasteiger partial charge in [-0.1, -0.05) is 23.7 Å². The highest BCUT2D eigenvalue weighted by Gasteiger charge is 2.23. The van der Waals surface area contributed by atoms with Gasteiger partial charge in [0.2, 0.25) is 0 Å².